The Balaban J connectivity index is 1.45. The van der Waals surface area contributed by atoms with E-state index >= 15 is 0 Å². The van der Waals surface area contributed by atoms with Crippen molar-refractivity contribution in [2.75, 3.05) is 13.4 Å². The van der Waals surface area contributed by atoms with Crippen LogP contribution < -0.4 is 20.3 Å². The molecule has 0 saturated carbocycles. The van der Waals surface area contributed by atoms with Gasteiger partial charge in [-0.25, -0.2) is 4.79 Å². The molecule has 1 aliphatic heterocycles. The summed E-state index contributed by atoms with van der Waals surface area (Å²) in [5.41, 5.74) is 4.44. The van der Waals surface area contributed by atoms with E-state index in [1.54, 1.807) is 6.07 Å². The third-order valence-electron chi connectivity index (χ3n) is 3.00. The minimum absolute atomic E-state index is 0.0349. The van der Waals surface area contributed by atoms with Gasteiger partial charge in [-0.05, 0) is 30.3 Å². The van der Waals surface area contributed by atoms with Crippen LogP contribution >= 0.6 is 0 Å². The van der Waals surface area contributed by atoms with Crippen molar-refractivity contribution in [3.05, 3.63) is 47.9 Å². The minimum atomic E-state index is -0.708. The first-order valence-electron chi connectivity index (χ1n) is 6.83. The lowest BCUT2D eigenvalue weighted by Crippen LogP contribution is -2.43. The van der Waals surface area contributed by atoms with Gasteiger partial charge in [0.25, 0.3) is 5.91 Å². The van der Waals surface area contributed by atoms with Gasteiger partial charge in [0, 0.05) is 0 Å². The van der Waals surface area contributed by atoms with E-state index in [9.17, 15) is 14.4 Å². The Labute approximate surface area is 135 Å². The van der Waals surface area contributed by atoms with Crippen LogP contribution in [0.2, 0.25) is 0 Å². The number of amides is 2. The van der Waals surface area contributed by atoms with Crippen molar-refractivity contribution in [2.24, 2.45) is 0 Å². The van der Waals surface area contributed by atoms with Crippen LogP contribution in [0.5, 0.6) is 11.5 Å². The summed E-state index contributed by atoms with van der Waals surface area (Å²) in [7, 11) is 0. The minimum Gasteiger partial charge on any atom is -0.459 e. The number of esters is 1. The molecule has 0 unspecified atom stereocenters. The Bertz CT molecular complexity index is 770. The third kappa shape index (κ3) is 3.46. The summed E-state index contributed by atoms with van der Waals surface area (Å²) in [6, 6.07) is 7.49. The molecule has 3 rings (SSSR count). The maximum atomic E-state index is 11.9. The van der Waals surface area contributed by atoms with Crippen LogP contribution in [0, 0.1) is 0 Å². The standard InChI is InChI=1S/C15H12N2O7/c18-13(16-17-14(19)11-2-1-5-21-11)7-22-15(20)9-3-4-10-12(6-9)24-8-23-10/h1-6H,7-8H2,(H,16,18)(H,17,19). The van der Waals surface area contributed by atoms with Crippen molar-refractivity contribution in [3.63, 3.8) is 0 Å². The molecule has 0 fully saturated rings. The number of nitrogens with one attached hydrogen (secondary N) is 2. The number of furan rings is 1. The topological polar surface area (TPSA) is 116 Å². The van der Waals surface area contributed by atoms with E-state index in [1.807, 2.05) is 0 Å². The fourth-order valence-electron chi connectivity index (χ4n) is 1.87. The highest BCUT2D eigenvalue weighted by Crippen LogP contribution is 2.32. The molecule has 0 radical (unpaired) electrons. The molecule has 2 heterocycles. The van der Waals surface area contributed by atoms with E-state index in [4.69, 9.17) is 18.6 Å². The Morgan fingerprint density at radius 3 is 2.71 bits per heavy atom. The fraction of sp³-hybridized carbons (Fsp3) is 0.133. The summed E-state index contributed by atoms with van der Waals surface area (Å²) in [6.45, 7) is -0.475. The van der Waals surface area contributed by atoms with Crippen molar-refractivity contribution in [1.82, 2.24) is 10.9 Å². The number of benzene rings is 1. The van der Waals surface area contributed by atoms with E-state index in [0.717, 1.165) is 0 Å². The molecular formula is C15H12N2O7. The number of hydrogen-bond donors (Lipinski definition) is 2. The lowest BCUT2D eigenvalue weighted by Gasteiger charge is -2.07. The SMILES string of the molecule is O=C(COC(=O)c1ccc2c(c1)OCO2)NNC(=O)c1ccco1. The highest BCUT2D eigenvalue weighted by atomic mass is 16.7. The van der Waals surface area contributed by atoms with Crippen molar-refractivity contribution in [1.29, 1.82) is 0 Å². The zero-order chi connectivity index (χ0) is 16.9. The Hall–Kier alpha value is -3.49. The van der Waals surface area contributed by atoms with Gasteiger partial charge in [0.15, 0.2) is 23.9 Å². The molecule has 0 saturated heterocycles. The summed E-state index contributed by atoms with van der Waals surface area (Å²) in [4.78, 5) is 35.0. The van der Waals surface area contributed by atoms with Gasteiger partial charge in [0.2, 0.25) is 6.79 Å². The van der Waals surface area contributed by atoms with E-state index in [1.165, 1.54) is 30.5 Å². The van der Waals surface area contributed by atoms with Crippen molar-refractivity contribution < 1.29 is 33.0 Å². The average molecular weight is 332 g/mol. The van der Waals surface area contributed by atoms with Gasteiger partial charge in [0.05, 0.1) is 11.8 Å². The number of hydrazine groups is 1. The number of hydrogen-bond acceptors (Lipinski definition) is 7. The molecule has 1 aliphatic rings. The van der Waals surface area contributed by atoms with Gasteiger partial charge < -0.3 is 18.6 Å². The summed E-state index contributed by atoms with van der Waals surface area (Å²) < 4.78 is 20.0. The lowest BCUT2D eigenvalue weighted by molar-refractivity contribution is -0.125. The predicted molar refractivity (Wildman–Crippen MR) is 77.2 cm³/mol. The highest BCUT2D eigenvalue weighted by Gasteiger charge is 2.18. The predicted octanol–water partition coefficient (Wildman–Crippen LogP) is 0.626. The second kappa shape index (κ2) is 6.73. The molecule has 0 spiro atoms. The molecule has 24 heavy (non-hydrogen) atoms. The third-order valence-corrected chi connectivity index (χ3v) is 3.00. The molecule has 124 valence electrons. The van der Waals surface area contributed by atoms with Crippen LogP contribution in [-0.4, -0.2) is 31.2 Å². The summed E-state index contributed by atoms with van der Waals surface area (Å²) in [5, 5.41) is 0. The zero-order valence-electron chi connectivity index (χ0n) is 12.2. The second-order valence-electron chi connectivity index (χ2n) is 4.62. The van der Waals surface area contributed by atoms with Gasteiger partial charge >= 0.3 is 11.9 Å². The number of carbonyl (C=O) groups excluding carboxylic acids is 3. The van der Waals surface area contributed by atoms with E-state index < -0.39 is 24.4 Å². The molecule has 2 aromatic rings. The maximum Gasteiger partial charge on any atom is 0.338 e. The summed E-state index contributed by atoms with van der Waals surface area (Å²) in [6.07, 6.45) is 1.32. The van der Waals surface area contributed by atoms with E-state index in [-0.39, 0.29) is 18.1 Å². The van der Waals surface area contributed by atoms with Gasteiger partial charge in [-0.2, -0.15) is 0 Å². The Kier molecular flexibility index (Phi) is 4.32. The monoisotopic (exact) mass is 332 g/mol. The van der Waals surface area contributed by atoms with Gasteiger partial charge in [-0.1, -0.05) is 0 Å². The largest absolute Gasteiger partial charge is 0.459 e. The van der Waals surface area contributed by atoms with Crippen LogP contribution in [-0.2, 0) is 9.53 Å². The van der Waals surface area contributed by atoms with Crippen molar-refractivity contribution in [2.45, 2.75) is 0 Å². The smallest absolute Gasteiger partial charge is 0.338 e. The molecule has 0 aliphatic carbocycles. The van der Waals surface area contributed by atoms with Gasteiger partial charge in [-0.15, -0.1) is 0 Å². The normalized spacial score (nSPS) is 11.7. The van der Waals surface area contributed by atoms with Gasteiger partial charge in [0.1, 0.15) is 0 Å². The second-order valence-corrected chi connectivity index (χ2v) is 4.62. The molecule has 1 aromatic carbocycles. The van der Waals surface area contributed by atoms with Crippen LogP contribution in [0.1, 0.15) is 20.9 Å². The summed E-state index contributed by atoms with van der Waals surface area (Å²) >= 11 is 0. The van der Waals surface area contributed by atoms with Crippen LogP contribution in [0.4, 0.5) is 0 Å². The average Bonchev–Trinajstić information content (AvgIpc) is 3.27. The van der Waals surface area contributed by atoms with Crippen LogP contribution in [0.3, 0.4) is 0 Å². The lowest BCUT2D eigenvalue weighted by atomic mass is 10.2. The number of carbonyl (C=O) groups is 3. The first-order valence-corrected chi connectivity index (χ1v) is 6.83. The molecule has 9 nitrogen and oxygen atoms in total. The highest BCUT2D eigenvalue weighted by molar-refractivity contribution is 5.94. The van der Waals surface area contributed by atoms with E-state index in [0.29, 0.717) is 11.5 Å². The summed E-state index contributed by atoms with van der Waals surface area (Å²) in [5.74, 6) is -1.04. The quantitative estimate of drug-likeness (QED) is 0.623. The molecule has 0 bridgehead atoms. The first-order chi connectivity index (χ1) is 11.6. The maximum absolute atomic E-state index is 11.9. The van der Waals surface area contributed by atoms with Crippen molar-refractivity contribution in [3.8, 4) is 11.5 Å². The van der Waals surface area contributed by atoms with E-state index in [2.05, 4.69) is 10.9 Å². The zero-order valence-corrected chi connectivity index (χ0v) is 12.2. The molecular weight excluding hydrogens is 320 g/mol. The van der Waals surface area contributed by atoms with Crippen LogP contribution in [0.15, 0.2) is 41.0 Å². The number of ether oxygens (including phenoxy) is 3. The molecule has 9 heteroatoms. The first kappa shape index (κ1) is 15.4. The molecule has 2 N–H and O–H groups in total. The van der Waals surface area contributed by atoms with Crippen LogP contribution in [0.25, 0.3) is 0 Å². The van der Waals surface area contributed by atoms with Crippen molar-refractivity contribution >= 4 is 17.8 Å². The number of fused-ring (bicyclic) bond motifs is 1. The molecule has 2 amide bonds. The number of rotatable bonds is 4. The Morgan fingerprint density at radius 2 is 1.92 bits per heavy atom. The van der Waals surface area contributed by atoms with Gasteiger partial charge in [-0.3, -0.25) is 20.4 Å². The molecule has 0 atom stereocenters. The Morgan fingerprint density at radius 1 is 1.08 bits per heavy atom. The molecule has 1 aromatic heterocycles. The fourth-order valence-corrected chi connectivity index (χ4v) is 1.87.